The number of amides is 2. The third-order valence-corrected chi connectivity index (χ3v) is 6.37. The number of nitrogens with zero attached hydrogens (tertiary/aromatic N) is 2. The van der Waals surface area contributed by atoms with E-state index in [1.54, 1.807) is 0 Å². The zero-order valence-electron chi connectivity index (χ0n) is 17.0. The van der Waals surface area contributed by atoms with Crippen molar-refractivity contribution < 1.29 is 4.79 Å². The van der Waals surface area contributed by atoms with Crippen molar-refractivity contribution in [3.63, 3.8) is 0 Å². The molecule has 2 aromatic heterocycles. The summed E-state index contributed by atoms with van der Waals surface area (Å²) < 4.78 is 0. The Bertz CT molecular complexity index is 801. The van der Waals surface area contributed by atoms with Crippen molar-refractivity contribution in [1.29, 1.82) is 0 Å². The highest BCUT2D eigenvalue weighted by Gasteiger charge is 2.33. The van der Waals surface area contributed by atoms with Crippen molar-refractivity contribution in [3.8, 4) is 0 Å². The number of carbonyl (C=O) groups is 1. The fourth-order valence-electron chi connectivity index (χ4n) is 4.82. The van der Waals surface area contributed by atoms with E-state index in [0.29, 0.717) is 18.3 Å². The van der Waals surface area contributed by atoms with Crippen LogP contribution in [0.3, 0.4) is 0 Å². The van der Waals surface area contributed by atoms with Crippen molar-refractivity contribution in [2.75, 3.05) is 25.0 Å². The molecule has 6 nitrogen and oxygen atoms in total. The Morgan fingerprint density at radius 3 is 3.07 bits per heavy atom. The Morgan fingerprint density at radius 1 is 1.25 bits per heavy atom. The molecule has 0 saturated carbocycles. The number of urea groups is 1. The molecule has 0 radical (unpaired) electrons. The van der Waals surface area contributed by atoms with Crippen LogP contribution in [0.25, 0.3) is 11.0 Å². The Balaban J connectivity index is 1.39. The molecule has 2 amide bonds. The first-order valence-electron chi connectivity index (χ1n) is 11.0. The maximum absolute atomic E-state index is 12.2. The molecule has 2 atom stereocenters. The maximum atomic E-state index is 12.2. The average Bonchev–Trinajstić information content (AvgIpc) is 3.33. The van der Waals surface area contributed by atoms with E-state index in [-0.39, 0.29) is 6.03 Å². The summed E-state index contributed by atoms with van der Waals surface area (Å²) in [5.74, 6) is 1.18. The second kappa shape index (κ2) is 8.95. The Morgan fingerprint density at radius 2 is 2.18 bits per heavy atom. The number of piperidine rings is 1. The van der Waals surface area contributed by atoms with Gasteiger partial charge in [0.2, 0.25) is 0 Å². The molecule has 0 spiro atoms. The maximum Gasteiger partial charge on any atom is 0.320 e. The first kappa shape index (κ1) is 19.2. The van der Waals surface area contributed by atoms with Crippen molar-refractivity contribution in [2.45, 2.75) is 70.3 Å². The number of anilines is 1. The summed E-state index contributed by atoms with van der Waals surface area (Å²) in [5, 5.41) is 5.83. The van der Waals surface area contributed by atoms with Gasteiger partial charge in [-0.3, -0.25) is 5.32 Å². The van der Waals surface area contributed by atoms with E-state index >= 15 is 0 Å². The molecule has 4 rings (SSSR count). The molecule has 4 heterocycles. The van der Waals surface area contributed by atoms with E-state index in [2.05, 4.69) is 33.6 Å². The van der Waals surface area contributed by atoms with Gasteiger partial charge in [0, 0.05) is 18.8 Å². The number of pyridine rings is 1. The van der Waals surface area contributed by atoms with Crippen LogP contribution in [0.5, 0.6) is 0 Å². The lowest BCUT2D eigenvalue weighted by atomic mass is 9.86. The molecule has 0 aliphatic carbocycles. The highest BCUT2D eigenvalue weighted by Crippen LogP contribution is 2.38. The molecule has 2 saturated heterocycles. The minimum Gasteiger partial charge on any atom is -0.360 e. The third kappa shape index (κ3) is 4.32. The highest BCUT2D eigenvalue weighted by molar-refractivity contribution is 5.90. The summed E-state index contributed by atoms with van der Waals surface area (Å²) in [6, 6.07) is 4.47. The molecule has 28 heavy (non-hydrogen) atoms. The number of unbranched alkanes of at least 4 members (excludes halogenated alkanes) is 3. The van der Waals surface area contributed by atoms with Gasteiger partial charge in [-0.05, 0) is 68.8 Å². The van der Waals surface area contributed by atoms with E-state index in [0.717, 1.165) is 29.9 Å². The van der Waals surface area contributed by atoms with E-state index in [9.17, 15) is 4.79 Å². The number of rotatable bonds is 7. The van der Waals surface area contributed by atoms with Gasteiger partial charge in [0.05, 0.1) is 11.0 Å². The first-order valence-corrected chi connectivity index (χ1v) is 11.0. The second-order valence-electron chi connectivity index (χ2n) is 8.33. The van der Waals surface area contributed by atoms with Crippen LogP contribution in [0, 0.1) is 0 Å². The van der Waals surface area contributed by atoms with E-state index < -0.39 is 0 Å². The van der Waals surface area contributed by atoms with Gasteiger partial charge in [0.15, 0.2) is 0 Å². The molecule has 2 unspecified atom stereocenters. The average molecular weight is 384 g/mol. The topological polar surface area (TPSA) is 73.1 Å². The molecule has 152 valence electrons. The van der Waals surface area contributed by atoms with Crippen LogP contribution in [0.2, 0.25) is 0 Å². The van der Waals surface area contributed by atoms with Gasteiger partial charge >= 0.3 is 6.03 Å². The van der Waals surface area contributed by atoms with Gasteiger partial charge in [-0.15, -0.1) is 0 Å². The number of aromatic amines is 1. The van der Waals surface area contributed by atoms with Crippen LogP contribution < -0.4 is 10.6 Å². The third-order valence-electron chi connectivity index (χ3n) is 6.37. The Hall–Kier alpha value is -2.08. The number of aromatic nitrogens is 2. The summed E-state index contributed by atoms with van der Waals surface area (Å²) in [6.45, 7) is 5.36. The van der Waals surface area contributed by atoms with Crippen molar-refractivity contribution in [2.24, 2.45) is 0 Å². The number of carbonyl (C=O) groups excluding carboxylic acids is 1. The number of nitrogens with one attached hydrogen (secondary N) is 3. The van der Waals surface area contributed by atoms with Crippen LogP contribution >= 0.6 is 0 Å². The molecule has 0 aromatic carbocycles. The molecular formula is C22H33N5O. The lowest BCUT2D eigenvalue weighted by molar-refractivity contribution is 0.181. The molecule has 3 N–H and O–H groups in total. The van der Waals surface area contributed by atoms with Crippen molar-refractivity contribution >= 4 is 22.9 Å². The van der Waals surface area contributed by atoms with Gasteiger partial charge in [-0.1, -0.05) is 26.2 Å². The first-order chi connectivity index (χ1) is 13.7. The summed E-state index contributed by atoms with van der Waals surface area (Å²) in [7, 11) is 0. The lowest BCUT2D eigenvalue weighted by Crippen LogP contribution is -2.37. The van der Waals surface area contributed by atoms with Crippen LogP contribution in [-0.4, -0.2) is 46.6 Å². The monoisotopic (exact) mass is 383 g/mol. The highest BCUT2D eigenvalue weighted by atomic mass is 16.2. The Labute approximate surface area is 167 Å². The number of fused-ring (bicyclic) bond motifs is 2. The van der Waals surface area contributed by atoms with Gasteiger partial charge in [-0.2, -0.15) is 0 Å². The van der Waals surface area contributed by atoms with E-state index in [1.807, 2.05) is 12.1 Å². The zero-order chi connectivity index (χ0) is 19.3. The quantitative estimate of drug-likeness (QED) is 0.612. The summed E-state index contributed by atoms with van der Waals surface area (Å²) >= 11 is 0. The van der Waals surface area contributed by atoms with Gasteiger partial charge in [0.1, 0.15) is 5.82 Å². The predicted octanol–water partition coefficient (Wildman–Crippen LogP) is 4.61. The summed E-state index contributed by atoms with van der Waals surface area (Å²) in [5.41, 5.74) is 3.37. The normalized spacial score (nSPS) is 22.3. The molecule has 2 aliphatic heterocycles. The fraction of sp³-hybridized carbons (Fsp3) is 0.636. The van der Waals surface area contributed by atoms with Gasteiger partial charge in [0.25, 0.3) is 0 Å². The fourth-order valence-corrected chi connectivity index (χ4v) is 4.82. The number of H-pyrrole nitrogens is 1. The van der Waals surface area contributed by atoms with Crippen molar-refractivity contribution in [1.82, 2.24) is 20.2 Å². The Kier molecular flexibility index (Phi) is 6.15. The molecular weight excluding hydrogens is 350 g/mol. The predicted molar refractivity (Wildman–Crippen MR) is 114 cm³/mol. The number of hydrogen-bond donors (Lipinski definition) is 3. The zero-order valence-corrected chi connectivity index (χ0v) is 17.0. The smallest absolute Gasteiger partial charge is 0.320 e. The largest absolute Gasteiger partial charge is 0.360 e. The number of hydrogen-bond acceptors (Lipinski definition) is 3. The molecule has 6 heteroatoms. The minimum absolute atomic E-state index is 0.167. The summed E-state index contributed by atoms with van der Waals surface area (Å²) in [6.07, 6.45) is 11.8. The van der Waals surface area contributed by atoms with Crippen LogP contribution in [0.1, 0.15) is 69.8 Å². The SMILES string of the molecule is CCCCCCNC(=O)Nc1ccc2[nH]cc(C3CCN4CCCC4C3)c2n1. The van der Waals surface area contributed by atoms with Crippen LogP contribution in [0.15, 0.2) is 18.3 Å². The molecule has 2 aromatic rings. The van der Waals surface area contributed by atoms with Crippen LogP contribution in [0.4, 0.5) is 10.6 Å². The van der Waals surface area contributed by atoms with Gasteiger partial charge < -0.3 is 15.2 Å². The van der Waals surface area contributed by atoms with E-state index in [4.69, 9.17) is 4.98 Å². The van der Waals surface area contributed by atoms with Gasteiger partial charge in [-0.25, -0.2) is 9.78 Å². The minimum atomic E-state index is -0.167. The van der Waals surface area contributed by atoms with Crippen molar-refractivity contribution in [3.05, 3.63) is 23.9 Å². The summed E-state index contributed by atoms with van der Waals surface area (Å²) in [4.78, 5) is 23.0. The molecule has 0 bridgehead atoms. The molecule has 2 fully saturated rings. The standard InChI is InChI=1S/C22H33N5O/c1-2-3-4-5-11-23-22(28)26-20-9-8-19-21(25-20)18(15-24-19)16-10-13-27-12-6-7-17(27)14-16/h8-9,15-17,24H,2-7,10-14H2,1H3,(H2,23,25,26,28). The molecule has 2 aliphatic rings. The lowest BCUT2D eigenvalue weighted by Gasteiger charge is -2.34. The van der Waals surface area contributed by atoms with E-state index in [1.165, 1.54) is 57.2 Å². The second-order valence-corrected chi connectivity index (χ2v) is 8.33. The van der Waals surface area contributed by atoms with Crippen LogP contribution in [-0.2, 0) is 0 Å².